The maximum Gasteiger partial charge on any atom is 0.344 e. The first kappa shape index (κ1) is 15.3. The van der Waals surface area contributed by atoms with Crippen LogP contribution in [0.5, 0.6) is 0 Å². The van der Waals surface area contributed by atoms with Crippen molar-refractivity contribution in [1.82, 2.24) is 14.8 Å². The molecule has 2 aromatic rings. The highest BCUT2D eigenvalue weighted by atomic mass is 79.9. The Bertz CT molecular complexity index is 650. The minimum atomic E-state index is -0.181. The number of rotatable bonds is 5. The minimum absolute atomic E-state index is 0.0668. The van der Waals surface area contributed by atoms with E-state index in [0.717, 1.165) is 21.4 Å². The molecule has 0 aliphatic carbocycles. The number of nitrogens with two attached hydrogens (primary N) is 1. The first-order valence-electron chi connectivity index (χ1n) is 6.36. The van der Waals surface area contributed by atoms with Gasteiger partial charge in [-0.05, 0) is 62.3 Å². The van der Waals surface area contributed by atoms with Gasteiger partial charge in [0, 0.05) is 15.4 Å². The first-order chi connectivity index (χ1) is 9.52. The predicted molar refractivity (Wildman–Crippen MR) is 84.3 cm³/mol. The molecule has 3 N–H and O–H groups in total. The Balaban J connectivity index is 2.37. The van der Waals surface area contributed by atoms with E-state index < -0.39 is 0 Å². The number of H-pyrrole nitrogens is 1. The van der Waals surface area contributed by atoms with Crippen molar-refractivity contribution in [2.24, 2.45) is 5.73 Å². The van der Waals surface area contributed by atoms with Crippen LogP contribution in [0.1, 0.15) is 25.5 Å². The van der Waals surface area contributed by atoms with E-state index in [4.69, 9.17) is 5.73 Å². The van der Waals surface area contributed by atoms with Crippen molar-refractivity contribution >= 4 is 27.7 Å². The van der Waals surface area contributed by atoms with Crippen LogP contribution >= 0.6 is 27.7 Å². The van der Waals surface area contributed by atoms with Crippen molar-refractivity contribution in [3.8, 4) is 0 Å². The standard InChI is InChI=1S/C13H17BrN4OS/c1-8(2)18-12(19)16-17-13(18)20-11-4-3-10(14)7-9(11)5-6-15/h3-4,7-8H,5-6,15H2,1-2H3,(H,16,19). The second-order valence-electron chi connectivity index (χ2n) is 4.67. The van der Waals surface area contributed by atoms with Crippen molar-refractivity contribution in [3.63, 3.8) is 0 Å². The largest absolute Gasteiger partial charge is 0.344 e. The van der Waals surface area contributed by atoms with Gasteiger partial charge in [-0.3, -0.25) is 4.57 Å². The van der Waals surface area contributed by atoms with E-state index in [0.29, 0.717) is 11.7 Å². The molecule has 0 amide bonds. The van der Waals surface area contributed by atoms with Crippen LogP contribution in [0.2, 0.25) is 0 Å². The van der Waals surface area contributed by atoms with Crippen LogP contribution < -0.4 is 11.4 Å². The monoisotopic (exact) mass is 356 g/mol. The van der Waals surface area contributed by atoms with Gasteiger partial charge < -0.3 is 5.73 Å². The normalized spacial score (nSPS) is 11.2. The Labute approximate surface area is 130 Å². The van der Waals surface area contributed by atoms with E-state index in [1.54, 1.807) is 4.57 Å². The molecular weight excluding hydrogens is 340 g/mol. The zero-order chi connectivity index (χ0) is 14.7. The maximum absolute atomic E-state index is 11.7. The van der Waals surface area contributed by atoms with Crippen LogP contribution in [-0.2, 0) is 6.42 Å². The Morgan fingerprint density at radius 1 is 1.50 bits per heavy atom. The zero-order valence-electron chi connectivity index (χ0n) is 11.4. The summed E-state index contributed by atoms with van der Waals surface area (Å²) in [5.41, 5.74) is 6.62. The van der Waals surface area contributed by atoms with E-state index in [-0.39, 0.29) is 11.7 Å². The summed E-state index contributed by atoms with van der Waals surface area (Å²) in [6, 6.07) is 6.12. The summed E-state index contributed by atoms with van der Waals surface area (Å²) < 4.78 is 2.67. The summed E-state index contributed by atoms with van der Waals surface area (Å²) in [7, 11) is 0. The quantitative estimate of drug-likeness (QED) is 0.862. The van der Waals surface area contributed by atoms with E-state index in [2.05, 4.69) is 32.2 Å². The average molecular weight is 357 g/mol. The molecule has 0 saturated carbocycles. The van der Waals surface area contributed by atoms with Crippen LogP contribution in [-0.4, -0.2) is 21.3 Å². The van der Waals surface area contributed by atoms with Gasteiger partial charge >= 0.3 is 5.69 Å². The lowest BCUT2D eigenvalue weighted by Gasteiger charge is -2.11. The van der Waals surface area contributed by atoms with Gasteiger partial charge in [0.15, 0.2) is 5.16 Å². The molecule has 0 fully saturated rings. The lowest BCUT2D eigenvalue weighted by molar-refractivity contribution is 0.534. The number of hydrogen-bond donors (Lipinski definition) is 2. The highest BCUT2D eigenvalue weighted by Crippen LogP contribution is 2.31. The van der Waals surface area contributed by atoms with Crippen LogP contribution in [0.3, 0.4) is 0 Å². The van der Waals surface area contributed by atoms with Crippen molar-refractivity contribution in [2.75, 3.05) is 6.54 Å². The van der Waals surface area contributed by atoms with Gasteiger partial charge in [-0.1, -0.05) is 15.9 Å². The molecule has 20 heavy (non-hydrogen) atoms. The molecule has 0 aliphatic heterocycles. The van der Waals surface area contributed by atoms with E-state index in [1.165, 1.54) is 11.8 Å². The highest BCUT2D eigenvalue weighted by molar-refractivity contribution is 9.10. The second-order valence-corrected chi connectivity index (χ2v) is 6.59. The number of halogens is 1. The third-order valence-corrected chi connectivity index (χ3v) is 4.41. The van der Waals surface area contributed by atoms with Crippen LogP contribution in [0.25, 0.3) is 0 Å². The Morgan fingerprint density at radius 2 is 2.25 bits per heavy atom. The van der Waals surface area contributed by atoms with E-state index >= 15 is 0 Å². The summed E-state index contributed by atoms with van der Waals surface area (Å²) in [6.45, 7) is 4.51. The van der Waals surface area contributed by atoms with Crippen LogP contribution in [0.4, 0.5) is 0 Å². The molecule has 0 radical (unpaired) electrons. The lowest BCUT2D eigenvalue weighted by atomic mass is 10.1. The predicted octanol–water partition coefficient (Wildman–Crippen LogP) is 2.57. The van der Waals surface area contributed by atoms with Gasteiger partial charge in [0.2, 0.25) is 0 Å². The summed E-state index contributed by atoms with van der Waals surface area (Å²) in [6.07, 6.45) is 0.790. The summed E-state index contributed by atoms with van der Waals surface area (Å²) in [5, 5.41) is 7.28. The molecular formula is C13H17BrN4OS. The highest BCUT2D eigenvalue weighted by Gasteiger charge is 2.14. The molecule has 1 aromatic heterocycles. The van der Waals surface area contributed by atoms with Gasteiger partial charge in [0.05, 0.1) is 0 Å². The summed E-state index contributed by atoms with van der Waals surface area (Å²) in [5.74, 6) is 0. The molecule has 0 aliphatic rings. The van der Waals surface area contributed by atoms with Gasteiger partial charge in [0.25, 0.3) is 0 Å². The number of aromatic nitrogens is 3. The van der Waals surface area contributed by atoms with Crippen molar-refractivity contribution in [2.45, 2.75) is 36.4 Å². The Hall–Kier alpha value is -1.05. The molecule has 108 valence electrons. The maximum atomic E-state index is 11.7. The lowest BCUT2D eigenvalue weighted by Crippen LogP contribution is -2.19. The van der Waals surface area contributed by atoms with Crippen LogP contribution in [0.15, 0.2) is 37.5 Å². The minimum Gasteiger partial charge on any atom is -0.330 e. The summed E-state index contributed by atoms with van der Waals surface area (Å²) in [4.78, 5) is 12.8. The van der Waals surface area contributed by atoms with Gasteiger partial charge in [-0.2, -0.15) is 0 Å². The molecule has 1 heterocycles. The van der Waals surface area contributed by atoms with Crippen LogP contribution in [0, 0.1) is 0 Å². The Kier molecular flexibility index (Phi) is 5.06. The summed E-state index contributed by atoms with van der Waals surface area (Å²) >= 11 is 4.95. The molecule has 7 heteroatoms. The Morgan fingerprint density at radius 3 is 2.90 bits per heavy atom. The van der Waals surface area contributed by atoms with E-state index in [9.17, 15) is 4.79 Å². The third kappa shape index (κ3) is 3.34. The fourth-order valence-electron chi connectivity index (χ4n) is 1.91. The topological polar surface area (TPSA) is 76.7 Å². The molecule has 0 unspecified atom stereocenters. The number of nitrogens with zero attached hydrogens (tertiary/aromatic N) is 2. The molecule has 0 spiro atoms. The number of nitrogens with one attached hydrogen (secondary N) is 1. The van der Waals surface area contributed by atoms with Crippen molar-refractivity contribution < 1.29 is 0 Å². The molecule has 5 nitrogen and oxygen atoms in total. The molecule has 0 saturated heterocycles. The SMILES string of the molecule is CC(C)n1c(Sc2ccc(Br)cc2CCN)n[nH]c1=O. The molecule has 0 bridgehead atoms. The number of benzene rings is 1. The number of hydrogen-bond acceptors (Lipinski definition) is 4. The van der Waals surface area contributed by atoms with Crippen molar-refractivity contribution in [1.29, 1.82) is 0 Å². The van der Waals surface area contributed by atoms with Crippen molar-refractivity contribution in [3.05, 3.63) is 38.7 Å². The molecule has 0 atom stereocenters. The smallest absolute Gasteiger partial charge is 0.330 e. The third-order valence-electron chi connectivity index (χ3n) is 2.83. The van der Waals surface area contributed by atoms with Gasteiger partial charge in [-0.25, -0.2) is 9.89 Å². The zero-order valence-corrected chi connectivity index (χ0v) is 13.8. The van der Waals surface area contributed by atoms with Gasteiger partial charge in [-0.15, -0.1) is 5.10 Å². The fraction of sp³-hybridized carbons (Fsp3) is 0.385. The van der Waals surface area contributed by atoms with E-state index in [1.807, 2.05) is 26.0 Å². The number of aromatic amines is 1. The first-order valence-corrected chi connectivity index (χ1v) is 7.97. The molecule has 2 rings (SSSR count). The molecule has 1 aromatic carbocycles. The van der Waals surface area contributed by atoms with Gasteiger partial charge in [0.1, 0.15) is 0 Å². The average Bonchev–Trinajstić information content (AvgIpc) is 2.74. The second kappa shape index (κ2) is 6.60. The fourth-order valence-corrected chi connectivity index (χ4v) is 3.43.